The average Bonchev–Trinajstić information content (AvgIpc) is 3.14. The quantitative estimate of drug-likeness (QED) is 0.806. The highest BCUT2D eigenvalue weighted by Crippen LogP contribution is 2.23. The Hall–Kier alpha value is -2.87. The highest BCUT2D eigenvalue weighted by molar-refractivity contribution is 7.92. The minimum Gasteiger partial charge on any atom is -0.322 e. The summed E-state index contributed by atoms with van der Waals surface area (Å²) in [7, 11) is -1.86. The van der Waals surface area contributed by atoms with E-state index in [-0.39, 0.29) is 17.6 Å². The van der Waals surface area contributed by atoms with Crippen molar-refractivity contribution in [3.8, 4) is 0 Å². The summed E-state index contributed by atoms with van der Waals surface area (Å²) >= 11 is 0. The molecular formula is C20H23N3O4S. The molecule has 2 aromatic rings. The SMILES string of the molecule is CCS(=O)(=O)N(C)c1ccc(C(=O)Nc2ccc(N3CCCC3=O)cc2)cc1. The molecule has 3 rings (SSSR count). The van der Waals surface area contributed by atoms with E-state index in [0.29, 0.717) is 23.4 Å². The number of rotatable bonds is 6. The maximum absolute atomic E-state index is 12.4. The average molecular weight is 401 g/mol. The van der Waals surface area contributed by atoms with E-state index in [4.69, 9.17) is 0 Å². The molecule has 148 valence electrons. The summed E-state index contributed by atoms with van der Waals surface area (Å²) in [5.41, 5.74) is 2.36. The Morgan fingerprint density at radius 2 is 1.75 bits per heavy atom. The molecule has 0 bridgehead atoms. The first-order valence-corrected chi connectivity index (χ1v) is 10.7. The molecule has 1 N–H and O–H groups in total. The predicted molar refractivity (Wildman–Crippen MR) is 110 cm³/mol. The molecule has 0 radical (unpaired) electrons. The fourth-order valence-corrected chi connectivity index (χ4v) is 3.86. The molecule has 1 aliphatic heterocycles. The molecule has 2 amide bonds. The van der Waals surface area contributed by atoms with Crippen molar-refractivity contribution in [3.63, 3.8) is 0 Å². The fraction of sp³-hybridized carbons (Fsp3) is 0.300. The summed E-state index contributed by atoms with van der Waals surface area (Å²) in [5.74, 6) is -0.172. The van der Waals surface area contributed by atoms with Gasteiger partial charge in [0.05, 0.1) is 11.4 Å². The van der Waals surface area contributed by atoms with Crippen LogP contribution in [0.3, 0.4) is 0 Å². The molecule has 28 heavy (non-hydrogen) atoms. The third-order valence-corrected chi connectivity index (χ3v) is 6.56. The summed E-state index contributed by atoms with van der Waals surface area (Å²) in [6.07, 6.45) is 1.44. The Kier molecular flexibility index (Phi) is 5.69. The normalized spacial score (nSPS) is 14.2. The van der Waals surface area contributed by atoms with Crippen molar-refractivity contribution >= 4 is 38.9 Å². The minimum absolute atomic E-state index is 0.00472. The van der Waals surface area contributed by atoms with E-state index in [1.807, 2.05) is 12.1 Å². The molecule has 7 nitrogen and oxygen atoms in total. The molecule has 0 spiro atoms. The van der Waals surface area contributed by atoms with Crippen molar-refractivity contribution < 1.29 is 18.0 Å². The first-order valence-electron chi connectivity index (χ1n) is 9.10. The number of hydrogen-bond donors (Lipinski definition) is 1. The summed E-state index contributed by atoms with van der Waals surface area (Å²) in [5, 5.41) is 2.80. The number of carbonyl (C=O) groups excluding carboxylic acids is 2. The number of hydrogen-bond acceptors (Lipinski definition) is 4. The largest absolute Gasteiger partial charge is 0.322 e. The van der Waals surface area contributed by atoms with Crippen LogP contribution in [0.15, 0.2) is 48.5 Å². The van der Waals surface area contributed by atoms with E-state index in [2.05, 4.69) is 5.32 Å². The Morgan fingerprint density at radius 1 is 1.11 bits per heavy atom. The van der Waals surface area contributed by atoms with E-state index in [1.165, 1.54) is 11.4 Å². The van der Waals surface area contributed by atoms with Gasteiger partial charge < -0.3 is 10.2 Å². The van der Waals surface area contributed by atoms with Gasteiger partial charge in [0, 0.05) is 37.0 Å². The fourth-order valence-electron chi connectivity index (χ4n) is 3.03. The van der Waals surface area contributed by atoms with Gasteiger partial charge >= 0.3 is 0 Å². The molecule has 8 heteroatoms. The van der Waals surface area contributed by atoms with Crippen LogP contribution in [-0.4, -0.2) is 39.6 Å². The van der Waals surface area contributed by atoms with Gasteiger partial charge in [-0.1, -0.05) is 0 Å². The predicted octanol–water partition coefficient (Wildman–Crippen LogP) is 2.85. The number of benzene rings is 2. The zero-order valence-electron chi connectivity index (χ0n) is 15.9. The first-order chi connectivity index (χ1) is 13.3. The van der Waals surface area contributed by atoms with E-state index in [1.54, 1.807) is 48.2 Å². The lowest BCUT2D eigenvalue weighted by atomic mass is 10.2. The molecule has 1 fully saturated rings. The zero-order chi connectivity index (χ0) is 20.3. The molecule has 1 heterocycles. The van der Waals surface area contributed by atoms with Crippen molar-refractivity contribution in [1.82, 2.24) is 0 Å². The molecule has 0 aliphatic carbocycles. The Bertz CT molecular complexity index is 970. The van der Waals surface area contributed by atoms with Gasteiger partial charge in [0.1, 0.15) is 0 Å². The van der Waals surface area contributed by atoms with Crippen molar-refractivity contribution in [2.75, 3.05) is 33.9 Å². The summed E-state index contributed by atoms with van der Waals surface area (Å²) in [6.45, 7) is 2.30. The molecule has 0 saturated carbocycles. The second-order valence-corrected chi connectivity index (χ2v) is 8.85. The van der Waals surface area contributed by atoms with Crippen molar-refractivity contribution in [3.05, 3.63) is 54.1 Å². The van der Waals surface area contributed by atoms with Gasteiger partial charge in [-0.05, 0) is 61.9 Å². The Morgan fingerprint density at radius 3 is 2.29 bits per heavy atom. The van der Waals surface area contributed by atoms with Crippen LogP contribution < -0.4 is 14.5 Å². The molecular weight excluding hydrogens is 378 g/mol. The van der Waals surface area contributed by atoms with Gasteiger partial charge in [-0.25, -0.2) is 8.42 Å². The van der Waals surface area contributed by atoms with E-state index in [0.717, 1.165) is 18.7 Å². The van der Waals surface area contributed by atoms with Crippen LogP contribution in [0.5, 0.6) is 0 Å². The third-order valence-electron chi connectivity index (χ3n) is 4.79. The van der Waals surface area contributed by atoms with Gasteiger partial charge in [0.15, 0.2) is 0 Å². The van der Waals surface area contributed by atoms with Crippen LogP contribution in [-0.2, 0) is 14.8 Å². The third kappa shape index (κ3) is 4.17. The maximum atomic E-state index is 12.4. The van der Waals surface area contributed by atoms with E-state index >= 15 is 0 Å². The van der Waals surface area contributed by atoms with Crippen molar-refractivity contribution in [2.24, 2.45) is 0 Å². The number of nitrogens with zero attached hydrogens (tertiary/aromatic N) is 2. The number of carbonyl (C=O) groups is 2. The van der Waals surface area contributed by atoms with Crippen molar-refractivity contribution in [1.29, 1.82) is 0 Å². The zero-order valence-corrected chi connectivity index (χ0v) is 16.7. The first kappa shape index (κ1) is 19.9. The Balaban J connectivity index is 1.67. The van der Waals surface area contributed by atoms with Crippen LogP contribution in [0, 0.1) is 0 Å². The molecule has 2 aromatic carbocycles. The molecule has 0 unspecified atom stereocenters. The van der Waals surface area contributed by atoms with Gasteiger partial charge in [-0.2, -0.15) is 0 Å². The monoisotopic (exact) mass is 401 g/mol. The van der Waals surface area contributed by atoms with Crippen LogP contribution >= 0.6 is 0 Å². The Labute approximate surface area is 165 Å². The second-order valence-electron chi connectivity index (χ2n) is 6.56. The molecule has 1 saturated heterocycles. The van der Waals surface area contributed by atoms with Crippen LogP contribution in [0.2, 0.25) is 0 Å². The molecule has 0 atom stereocenters. The second kappa shape index (κ2) is 8.02. The van der Waals surface area contributed by atoms with Crippen LogP contribution in [0.1, 0.15) is 30.1 Å². The van der Waals surface area contributed by atoms with Gasteiger partial charge in [-0.3, -0.25) is 13.9 Å². The summed E-state index contributed by atoms with van der Waals surface area (Å²) in [6, 6.07) is 13.5. The molecule has 1 aliphatic rings. The van der Waals surface area contributed by atoms with E-state index in [9.17, 15) is 18.0 Å². The number of anilines is 3. The maximum Gasteiger partial charge on any atom is 0.255 e. The highest BCUT2D eigenvalue weighted by Gasteiger charge is 2.21. The standard InChI is InChI=1S/C20H23N3O4S/c1-3-28(26,27)22(2)17-10-6-15(7-11-17)20(25)21-16-8-12-18(13-9-16)23-14-4-5-19(23)24/h6-13H,3-5,14H2,1-2H3,(H,21,25). The smallest absolute Gasteiger partial charge is 0.255 e. The number of sulfonamides is 1. The van der Waals surface area contributed by atoms with E-state index < -0.39 is 10.0 Å². The molecule has 0 aromatic heterocycles. The van der Waals surface area contributed by atoms with Gasteiger partial charge in [0.25, 0.3) is 5.91 Å². The highest BCUT2D eigenvalue weighted by atomic mass is 32.2. The summed E-state index contributed by atoms with van der Waals surface area (Å²) in [4.78, 5) is 26.0. The lowest BCUT2D eigenvalue weighted by Gasteiger charge is -2.18. The van der Waals surface area contributed by atoms with Crippen LogP contribution in [0.25, 0.3) is 0 Å². The lowest BCUT2D eigenvalue weighted by Crippen LogP contribution is -2.28. The summed E-state index contributed by atoms with van der Waals surface area (Å²) < 4.78 is 25.1. The lowest BCUT2D eigenvalue weighted by molar-refractivity contribution is -0.117. The minimum atomic E-state index is -3.34. The number of nitrogens with one attached hydrogen (secondary N) is 1. The van der Waals surface area contributed by atoms with Crippen LogP contribution in [0.4, 0.5) is 17.1 Å². The van der Waals surface area contributed by atoms with Gasteiger partial charge in [-0.15, -0.1) is 0 Å². The topological polar surface area (TPSA) is 86.8 Å². The van der Waals surface area contributed by atoms with Crippen molar-refractivity contribution in [2.45, 2.75) is 19.8 Å². The van der Waals surface area contributed by atoms with Gasteiger partial charge in [0.2, 0.25) is 15.9 Å². The number of amides is 2.